The van der Waals surface area contributed by atoms with Crippen LogP contribution < -0.4 is 24.8 Å². The van der Waals surface area contributed by atoms with Gasteiger partial charge in [-0.3, -0.25) is 9.59 Å². The van der Waals surface area contributed by atoms with E-state index in [1.807, 2.05) is 0 Å². The fraction of sp³-hybridized carbons (Fsp3) is 0.368. The van der Waals surface area contributed by atoms with Crippen LogP contribution in [0.1, 0.15) is 6.42 Å². The lowest BCUT2D eigenvalue weighted by molar-refractivity contribution is -0.124. The molecule has 0 spiro atoms. The van der Waals surface area contributed by atoms with Crippen molar-refractivity contribution in [3.8, 4) is 17.5 Å². The van der Waals surface area contributed by atoms with Crippen molar-refractivity contribution in [2.45, 2.75) is 12.5 Å². The number of carbonyl (C=O) groups is 2. The summed E-state index contributed by atoms with van der Waals surface area (Å²) in [7, 11) is 1.43. The first-order valence-corrected chi connectivity index (χ1v) is 9.53. The first-order chi connectivity index (χ1) is 14.9. The quantitative estimate of drug-likeness (QED) is 0.425. The van der Waals surface area contributed by atoms with Gasteiger partial charge in [-0.15, -0.1) is 0 Å². The molecule has 1 atom stereocenters. The number of carbonyl (C=O) groups excluding carboxylic acids is 2. The van der Waals surface area contributed by atoms with Crippen LogP contribution in [0, 0.1) is 5.82 Å². The Hall–Kier alpha value is -3.18. The number of amides is 2. The predicted molar refractivity (Wildman–Crippen MR) is 108 cm³/mol. The van der Waals surface area contributed by atoms with Crippen molar-refractivity contribution in [2.75, 3.05) is 33.4 Å². The third-order valence-electron chi connectivity index (χ3n) is 3.75. The highest BCUT2D eigenvalue weighted by Gasteiger charge is 2.10. The van der Waals surface area contributed by atoms with Gasteiger partial charge in [0.15, 0.2) is 19.0 Å². The summed E-state index contributed by atoms with van der Waals surface area (Å²) in [5.41, 5.74) is 0. The number of halogens is 2. The zero-order valence-corrected chi connectivity index (χ0v) is 17.4. The Labute approximate surface area is 182 Å². The van der Waals surface area contributed by atoms with Crippen LogP contribution in [0.3, 0.4) is 0 Å². The molecule has 10 nitrogen and oxygen atoms in total. The van der Waals surface area contributed by atoms with E-state index in [-0.39, 0.29) is 49.5 Å². The van der Waals surface area contributed by atoms with Crippen molar-refractivity contribution in [1.29, 1.82) is 0 Å². The molecular weight excluding hydrogens is 435 g/mol. The molecule has 31 heavy (non-hydrogen) atoms. The molecule has 1 aromatic carbocycles. The molecule has 0 bridgehead atoms. The number of nitrogens with one attached hydrogen (secondary N) is 2. The summed E-state index contributed by atoms with van der Waals surface area (Å²) in [6.45, 7) is -0.451. The van der Waals surface area contributed by atoms with E-state index in [1.165, 1.54) is 31.6 Å². The van der Waals surface area contributed by atoms with Gasteiger partial charge in [-0.2, -0.15) is 9.97 Å². The van der Waals surface area contributed by atoms with Gasteiger partial charge in [0.05, 0.1) is 30.6 Å². The first kappa shape index (κ1) is 24.1. The van der Waals surface area contributed by atoms with Crippen molar-refractivity contribution < 1.29 is 33.3 Å². The highest BCUT2D eigenvalue weighted by molar-refractivity contribution is 6.30. The van der Waals surface area contributed by atoms with Crippen molar-refractivity contribution >= 4 is 23.4 Å². The molecule has 2 rings (SSSR count). The number of ether oxygens (including phenoxy) is 3. The second-order valence-electron chi connectivity index (χ2n) is 6.16. The Balaban J connectivity index is 1.56. The van der Waals surface area contributed by atoms with Gasteiger partial charge in [0, 0.05) is 19.2 Å². The first-order valence-electron chi connectivity index (χ1n) is 9.15. The van der Waals surface area contributed by atoms with Crippen LogP contribution in [0.5, 0.6) is 17.5 Å². The molecular formula is C19H22ClFN4O6. The molecule has 0 radical (unpaired) electrons. The van der Waals surface area contributed by atoms with Gasteiger partial charge in [-0.25, -0.2) is 4.39 Å². The normalized spacial score (nSPS) is 11.4. The van der Waals surface area contributed by atoms with Crippen LogP contribution in [0.15, 0.2) is 30.6 Å². The number of rotatable bonds is 12. The molecule has 168 valence electrons. The highest BCUT2D eigenvalue weighted by atomic mass is 35.5. The van der Waals surface area contributed by atoms with E-state index in [1.54, 1.807) is 0 Å². The fourth-order valence-corrected chi connectivity index (χ4v) is 2.28. The minimum Gasteiger partial charge on any atom is -0.484 e. The average Bonchev–Trinajstić information content (AvgIpc) is 2.77. The van der Waals surface area contributed by atoms with Crippen LogP contribution in [-0.2, 0) is 9.59 Å². The summed E-state index contributed by atoms with van der Waals surface area (Å²) >= 11 is 5.56. The Morgan fingerprint density at radius 1 is 1.13 bits per heavy atom. The predicted octanol–water partition coefficient (Wildman–Crippen LogP) is 0.719. The Bertz CT molecular complexity index is 871. The molecule has 0 aliphatic carbocycles. The van der Waals surface area contributed by atoms with Crippen LogP contribution in [0.4, 0.5) is 4.39 Å². The maximum Gasteiger partial charge on any atom is 0.316 e. The molecule has 0 aliphatic heterocycles. The molecule has 1 aromatic heterocycles. The van der Waals surface area contributed by atoms with Crippen LogP contribution in [0.25, 0.3) is 0 Å². The maximum absolute atomic E-state index is 13.3. The third-order valence-corrected chi connectivity index (χ3v) is 4.06. The van der Waals surface area contributed by atoms with E-state index in [2.05, 4.69) is 20.6 Å². The van der Waals surface area contributed by atoms with Crippen molar-refractivity contribution in [1.82, 2.24) is 20.6 Å². The van der Waals surface area contributed by atoms with Crippen molar-refractivity contribution in [3.63, 3.8) is 0 Å². The van der Waals surface area contributed by atoms with Crippen molar-refractivity contribution in [3.05, 3.63) is 41.4 Å². The Morgan fingerprint density at radius 3 is 2.42 bits per heavy atom. The minimum atomic E-state index is -0.881. The number of nitrogens with zero attached hydrogens (tertiary/aromatic N) is 2. The lowest BCUT2D eigenvalue weighted by Gasteiger charge is -2.13. The summed E-state index contributed by atoms with van der Waals surface area (Å²) in [5, 5.41) is 14.9. The SMILES string of the molecule is COc1ncc(OCC(=O)NCC[C@H](O)CNC(=O)COc2ccc(Cl)c(F)c2)cn1. The third kappa shape index (κ3) is 9.01. The zero-order chi connectivity index (χ0) is 22.6. The average molecular weight is 457 g/mol. The fourth-order valence-electron chi connectivity index (χ4n) is 2.16. The summed E-state index contributed by atoms with van der Waals surface area (Å²) < 4.78 is 28.5. The topological polar surface area (TPSA) is 132 Å². The summed E-state index contributed by atoms with van der Waals surface area (Å²) in [6, 6.07) is 4.00. The number of aromatic nitrogens is 2. The molecule has 0 saturated heterocycles. The second kappa shape index (κ2) is 12.5. The molecule has 2 amide bonds. The van der Waals surface area contributed by atoms with E-state index < -0.39 is 23.7 Å². The number of hydrogen-bond acceptors (Lipinski definition) is 8. The second-order valence-corrected chi connectivity index (χ2v) is 6.56. The van der Waals surface area contributed by atoms with Gasteiger partial charge in [-0.05, 0) is 18.6 Å². The molecule has 3 N–H and O–H groups in total. The number of hydrogen-bond donors (Lipinski definition) is 3. The van der Waals surface area contributed by atoms with Crippen LogP contribution in [-0.4, -0.2) is 66.4 Å². The Kier molecular flexibility index (Phi) is 9.72. The molecule has 0 unspecified atom stereocenters. The molecule has 0 aliphatic rings. The monoisotopic (exact) mass is 456 g/mol. The highest BCUT2D eigenvalue weighted by Crippen LogP contribution is 2.20. The van der Waals surface area contributed by atoms with E-state index in [9.17, 15) is 19.1 Å². The van der Waals surface area contributed by atoms with Gasteiger partial charge in [0.25, 0.3) is 11.8 Å². The van der Waals surface area contributed by atoms with Crippen molar-refractivity contribution in [2.24, 2.45) is 0 Å². The smallest absolute Gasteiger partial charge is 0.316 e. The molecule has 0 saturated carbocycles. The molecule has 2 aromatic rings. The molecule has 12 heteroatoms. The largest absolute Gasteiger partial charge is 0.484 e. The van der Waals surface area contributed by atoms with E-state index >= 15 is 0 Å². The summed E-state index contributed by atoms with van der Waals surface area (Å²) in [4.78, 5) is 31.2. The number of aliphatic hydroxyl groups excluding tert-OH is 1. The van der Waals surface area contributed by atoms with Gasteiger partial charge in [0.1, 0.15) is 11.6 Å². The van der Waals surface area contributed by atoms with Crippen LogP contribution in [0.2, 0.25) is 5.02 Å². The lowest BCUT2D eigenvalue weighted by atomic mass is 10.2. The summed E-state index contributed by atoms with van der Waals surface area (Å²) in [5.74, 6) is -1.07. The minimum absolute atomic E-state index is 0.0350. The zero-order valence-electron chi connectivity index (χ0n) is 16.6. The van der Waals surface area contributed by atoms with Gasteiger partial charge in [0.2, 0.25) is 0 Å². The number of aliphatic hydroxyl groups is 1. The van der Waals surface area contributed by atoms with Gasteiger partial charge < -0.3 is 30.0 Å². The maximum atomic E-state index is 13.3. The lowest BCUT2D eigenvalue weighted by Crippen LogP contribution is -2.37. The van der Waals surface area contributed by atoms with E-state index in [0.717, 1.165) is 6.07 Å². The van der Waals surface area contributed by atoms with Crippen LogP contribution >= 0.6 is 11.6 Å². The Morgan fingerprint density at radius 2 is 1.77 bits per heavy atom. The van der Waals surface area contributed by atoms with E-state index in [4.69, 9.17) is 25.8 Å². The number of benzene rings is 1. The standard InChI is InChI=1S/C19H22ClFN4O6/c1-29-19-24-8-14(9-25-19)31-10-17(27)22-5-4-12(26)7-23-18(28)11-30-13-2-3-15(20)16(21)6-13/h2-3,6,8-9,12,26H,4-5,7,10-11H2,1H3,(H,22,27)(H,23,28)/t12-/m0/s1. The summed E-state index contributed by atoms with van der Waals surface area (Å²) in [6.07, 6.45) is 2.08. The number of methoxy groups -OCH3 is 1. The van der Waals surface area contributed by atoms with E-state index in [0.29, 0.717) is 5.75 Å². The molecule has 1 heterocycles. The molecule has 0 fully saturated rings. The van der Waals surface area contributed by atoms with Gasteiger partial charge in [-0.1, -0.05) is 11.6 Å². The van der Waals surface area contributed by atoms with Gasteiger partial charge >= 0.3 is 6.01 Å².